The molecule has 0 saturated heterocycles. The van der Waals surface area contributed by atoms with Crippen molar-refractivity contribution in [2.45, 2.75) is 46.3 Å². The first-order valence-electron chi connectivity index (χ1n) is 9.88. The van der Waals surface area contributed by atoms with E-state index in [9.17, 15) is 5.11 Å². The molecule has 2 aromatic rings. The van der Waals surface area contributed by atoms with Crippen LogP contribution in [0.1, 0.15) is 37.9 Å². The molecule has 0 amide bonds. The van der Waals surface area contributed by atoms with Gasteiger partial charge in [-0.05, 0) is 52.8 Å². The van der Waals surface area contributed by atoms with Crippen molar-refractivity contribution in [2.24, 2.45) is 4.99 Å². The number of para-hydroxylation sites is 2. The second-order valence-electron chi connectivity index (χ2n) is 7.26. The summed E-state index contributed by atoms with van der Waals surface area (Å²) in [6.45, 7) is 10.9. The highest BCUT2D eigenvalue weighted by Gasteiger charge is 2.27. The van der Waals surface area contributed by atoms with Gasteiger partial charge >= 0.3 is 0 Å². The van der Waals surface area contributed by atoms with Gasteiger partial charge in [0.05, 0.1) is 20.2 Å². The van der Waals surface area contributed by atoms with Crippen molar-refractivity contribution in [2.75, 3.05) is 26.7 Å². The van der Waals surface area contributed by atoms with Crippen LogP contribution in [-0.2, 0) is 5.60 Å². The number of hydrogen-bond donors (Lipinski definition) is 3. The minimum Gasteiger partial charge on any atom is -0.493 e. The van der Waals surface area contributed by atoms with Crippen LogP contribution in [0, 0.1) is 13.8 Å². The predicted octanol–water partition coefficient (Wildman–Crippen LogP) is 3.14. The lowest BCUT2D eigenvalue weighted by Gasteiger charge is -2.22. The number of methoxy groups -OCH3 is 1. The van der Waals surface area contributed by atoms with Crippen LogP contribution in [-0.4, -0.2) is 43.9 Å². The minimum absolute atomic E-state index is 0.116. The minimum atomic E-state index is -1.12. The number of aliphatic imine (C=N–C) groups is 1. The standard InChI is InChI=1S/C22H33N3O4/c1-7-23-21(25-14-22(5,26)18-12-15(2)28-17(18)4)24-13-16(3)29-20-11-9-8-10-19(20)27-6/h8-12,16,26H,7,13-14H2,1-6H3,(H2,23,24,25). The number of rotatable bonds is 9. The van der Waals surface area contributed by atoms with Gasteiger partial charge in [-0.25, -0.2) is 4.99 Å². The van der Waals surface area contributed by atoms with Gasteiger partial charge in [-0.2, -0.15) is 0 Å². The van der Waals surface area contributed by atoms with Crippen LogP contribution < -0.4 is 20.1 Å². The fraction of sp³-hybridized carbons (Fsp3) is 0.500. The summed E-state index contributed by atoms with van der Waals surface area (Å²) in [6, 6.07) is 9.41. The summed E-state index contributed by atoms with van der Waals surface area (Å²) in [5.41, 5.74) is -0.369. The topological polar surface area (TPSA) is 88.3 Å². The summed E-state index contributed by atoms with van der Waals surface area (Å²) in [5.74, 6) is 3.48. The van der Waals surface area contributed by atoms with Gasteiger partial charge in [-0.15, -0.1) is 0 Å². The van der Waals surface area contributed by atoms with E-state index in [1.807, 2.05) is 58.0 Å². The van der Waals surface area contributed by atoms with Crippen LogP contribution in [0.15, 0.2) is 39.7 Å². The summed E-state index contributed by atoms with van der Waals surface area (Å²) >= 11 is 0. The summed E-state index contributed by atoms with van der Waals surface area (Å²) in [4.78, 5) is 4.55. The molecular weight excluding hydrogens is 370 g/mol. The molecule has 2 unspecified atom stereocenters. The highest BCUT2D eigenvalue weighted by molar-refractivity contribution is 5.79. The lowest BCUT2D eigenvalue weighted by molar-refractivity contribution is 0.0657. The third kappa shape index (κ3) is 6.42. The Kier molecular flexibility index (Phi) is 7.96. The van der Waals surface area contributed by atoms with E-state index >= 15 is 0 Å². The molecule has 7 heteroatoms. The molecule has 0 bridgehead atoms. The van der Waals surface area contributed by atoms with Gasteiger partial charge in [-0.3, -0.25) is 0 Å². The van der Waals surface area contributed by atoms with Gasteiger partial charge in [0.1, 0.15) is 23.2 Å². The molecule has 1 aromatic heterocycles. The molecule has 0 saturated carbocycles. The molecule has 0 spiro atoms. The van der Waals surface area contributed by atoms with Crippen LogP contribution in [0.2, 0.25) is 0 Å². The molecule has 29 heavy (non-hydrogen) atoms. The van der Waals surface area contributed by atoms with E-state index in [1.54, 1.807) is 14.0 Å². The average molecular weight is 404 g/mol. The van der Waals surface area contributed by atoms with Crippen molar-refractivity contribution in [1.29, 1.82) is 0 Å². The van der Waals surface area contributed by atoms with Gasteiger partial charge in [0, 0.05) is 12.1 Å². The third-order valence-corrected chi connectivity index (χ3v) is 4.46. The van der Waals surface area contributed by atoms with Crippen molar-refractivity contribution in [3.05, 3.63) is 47.4 Å². The van der Waals surface area contributed by atoms with Crippen molar-refractivity contribution in [1.82, 2.24) is 10.6 Å². The molecule has 2 atom stereocenters. The molecule has 160 valence electrons. The third-order valence-electron chi connectivity index (χ3n) is 4.46. The molecule has 7 nitrogen and oxygen atoms in total. The van der Waals surface area contributed by atoms with Crippen molar-refractivity contribution in [3.8, 4) is 11.5 Å². The normalized spacial score (nSPS) is 14.8. The number of aliphatic hydroxyl groups is 1. The fourth-order valence-corrected chi connectivity index (χ4v) is 3.04. The monoisotopic (exact) mass is 403 g/mol. The number of hydrogen-bond acceptors (Lipinski definition) is 5. The van der Waals surface area contributed by atoms with Gasteiger partial charge in [0.15, 0.2) is 17.5 Å². The molecule has 0 aliphatic heterocycles. The summed E-state index contributed by atoms with van der Waals surface area (Å²) in [7, 11) is 1.62. The maximum absolute atomic E-state index is 10.9. The Hall–Kier alpha value is -2.67. The zero-order chi connectivity index (χ0) is 21.4. The van der Waals surface area contributed by atoms with E-state index in [1.165, 1.54) is 0 Å². The van der Waals surface area contributed by atoms with Gasteiger partial charge in [-0.1, -0.05) is 12.1 Å². The van der Waals surface area contributed by atoms with Gasteiger partial charge in [0.25, 0.3) is 0 Å². The Bertz CT molecular complexity index is 814. The van der Waals surface area contributed by atoms with E-state index in [0.29, 0.717) is 36.3 Å². The Balaban J connectivity index is 1.99. The molecule has 2 rings (SSSR count). The number of ether oxygens (including phenoxy) is 2. The van der Waals surface area contributed by atoms with Crippen LogP contribution in [0.25, 0.3) is 0 Å². The Morgan fingerprint density at radius 1 is 1.24 bits per heavy atom. The second kappa shape index (κ2) is 10.2. The number of furan rings is 1. The average Bonchev–Trinajstić information content (AvgIpc) is 3.03. The highest BCUT2D eigenvalue weighted by atomic mass is 16.5. The smallest absolute Gasteiger partial charge is 0.191 e. The van der Waals surface area contributed by atoms with E-state index in [0.717, 1.165) is 11.3 Å². The lowest BCUT2D eigenvalue weighted by Crippen LogP contribution is -2.42. The molecule has 0 aliphatic carbocycles. The maximum atomic E-state index is 10.9. The first kappa shape index (κ1) is 22.6. The van der Waals surface area contributed by atoms with Crippen LogP contribution in [0.5, 0.6) is 11.5 Å². The Labute approximate surface area is 173 Å². The number of benzene rings is 1. The zero-order valence-electron chi connectivity index (χ0n) is 18.2. The van der Waals surface area contributed by atoms with Gasteiger partial charge in [0.2, 0.25) is 0 Å². The van der Waals surface area contributed by atoms with Crippen molar-refractivity contribution >= 4 is 5.96 Å². The summed E-state index contributed by atoms with van der Waals surface area (Å²) in [6.07, 6.45) is -0.116. The van der Waals surface area contributed by atoms with Crippen LogP contribution >= 0.6 is 0 Å². The molecular formula is C22H33N3O4. The fourth-order valence-electron chi connectivity index (χ4n) is 3.04. The first-order chi connectivity index (χ1) is 13.8. The maximum Gasteiger partial charge on any atom is 0.191 e. The Morgan fingerprint density at radius 2 is 1.93 bits per heavy atom. The first-order valence-corrected chi connectivity index (χ1v) is 9.88. The number of guanidine groups is 1. The molecule has 0 aliphatic rings. The molecule has 0 fully saturated rings. The van der Waals surface area contributed by atoms with E-state index in [-0.39, 0.29) is 12.6 Å². The van der Waals surface area contributed by atoms with E-state index in [4.69, 9.17) is 13.9 Å². The van der Waals surface area contributed by atoms with Gasteiger partial charge < -0.3 is 29.6 Å². The van der Waals surface area contributed by atoms with Crippen molar-refractivity contribution in [3.63, 3.8) is 0 Å². The number of nitrogens with one attached hydrogen (secondary N) is 2. The molecule has 1 aromatic carbocycles. The number of nitrogens with zero attached hydrogens (tertiary/aromatic N) is 1. The van der Waals surface area contributed by atoms with Crippen LogP contribution in [0.4, 0.5) is 0 Å². The quantitative estimate of drug-likeness (QED) is 0.440. The van der Waals surface area contributed by atoms with E-state index < -0.39 is 5.60 Å². The Morgan fingerprint density at radius 3 is 2.52 bits per heavy atom. The lowest BCUT2D eigenvalue weighted by atomic mass is 9.96. The summed E-state index contributed by atoms with van der Waals surface area (Å²) < 4.78 is 16.8. The highest BCUT2D eigenvalue weighted by Crippen LogP contribution is 2.28. The molecule has 0 radical (unpaired) electrons. The summed E-state index contributed by atoms with van der Waals surface area (Å²) in [5, 5.41) is 17.3. The van der Waals surface area contributed by atoms with Crippen molar-refractivity contribution < 1.29 is 19.0 Å². The van der Waals surface area contributed by atoms with E-state index in [2.05, 4.69) is 15.6 Å². The van der Waals surface area contributed by atoms with Crippen LogP contribution in [0.3, 0.4) is 0 Å². The zero-order valence-corrected chi connectivity index (χ0v) is 18.2. The SMILES string of the molecule is CCNC(=NCC(C)(O)c1cc(C)oc1C)NCC(C)Oc1ccccc1OC. The molecule has 3 N–H and O–H groups in total. The predicted molar refractivity (Wildman–Crippen MR) is 115 cm³/mol. The number of aryl methyl sites for hydroxylation is 2. The largest absolute Gasteiger partial charge is 0.493 e. The molecule has 1 heterocycles. The second-order valence-corrected chi connectivity index (χ2v) is 7.26.